The molecule has 2 fully saturated rings. The molecule has 1 N–H and O–H groups in total. The molecule has 1 aromatic rings. The first-order valence-electron chi connectivity index (χ1n) is 8.70. The number of hydrogen-bond acceptors (Lipinski definition) is 3. The molecule has 118 valence electrons. The van der Waals surface area contributed by atoms with Crippen LogP contribution in [0.4, 0.5) is 0 Å². The Morgan fingerprint density at radius 3 is 2.62 bits per heavy atom. The van der Waals surface area contributed by atoms with Crippen LogP contribution in [-0.4, -0.2) is 39.4 Å². The second-order valence-electron chi connectivity index (χ2n) is 6.84. The molecule has 4 nitrogen and oxygen atoms in total. The van der Waals surface area contributed by atoms with Gasteiger partial charge in [-0.15, -0.1) is 0 Å². The zero-order valence-electron chi connectivity index (χ0n) is 13.8. The summed E-state index contributed by atoms with van der Waals surface area (Å²) < 4.78 is 2.04. The van der Waals surface area contributed by atoms with Gasteiger partial charge in [0, 0.05) is 49.5 Å². The predicted molar refractivity (Wildman–Crippen MR) is 86.1 cm³/mol. The fraction of sp³-hybridized carbons (Fsp3) is 0.824. The maximum Gasteiger partial charge on any atom is 0.0534 e. The van der Waals surface area contributed by atoms with E-state index in [1.807, 2.05) is 10.9 Å². The van der Waals surface area contributed by atoms with E-state index in [4.69, 9.17) is 0 Å². The maximum absolute atomic E-state index is 4.44. The highest BCUT2D eigenvalue weighted by Gasteiger charge is 2.43. The van der Waals surface area contributed by atoms with Crippen LogP contribution in [0.3, 0.4) is 0 Å². The van der Waals surface area contributed by atoms with Crippen molar-refractivity contribution in [1.82, 2.24) is 20.0 Å². The summed E-state index contributed by atoms with van der Waals surface area (Å²) in [5.41, 5.74) is 1.68. The van der Waals surface area contributed by atoms with E-state index in [0.29, 0.717) is 11.6 Å². The second kappa shape index (κ2) is 6.09. The summed E-state index contributed by atoms with van der Waals surface area (Å²) in [7, 11) is 0. The molecule has 1 aromatic heterocycles. The smallest absolute Gasteiger partial charge is 0.0534 e. The minimum atomic E-state index is 0.319. The van der Waals surface area contributed by atoms with Crippen LogP contribution in [0.15, 0.2) is 12.4 Å². The number of nitrogens with one attached hydrogen (secondary N) is 1. The van der Waals surface area contributed by atoms with Crippen LogP contribution < -0.4 is 5.32 Å². The van der Waals surface area contributed by atoms with Crippen molar-refractivity contribution in [3.8, 4) is 0 Å². The van der Waals surface area contributed by atoms with Gasteiger partial charge in [-0.05, 0) is 38.5 Å². The van der Waals surface area contributed by atoms with E-state index in [9.17, 15) is 0 Å². The van der Waals surface area contributed by atoms with E-state index in [1.54, 1.807) is 0 Å². The van der Waals surface area contributed by atoms with Gasteiger partial charge in [-0.1, -0.05) is 13.8 Å². The second-order valence-corrected chi connectivity index (χ2v) is 6.84. The third-order valence-electron chi connectivity index (χ3n) is 5.67. The predicted octanol–water partition coefficient (Wildman–Crippen LogP) is 2.65. The molecule has 4 heteroatoms. The lowest BCUT2D eigenvalue weighted by molar-refractivity contribution is 0.0202. The first-order valence-corrected chi connectivity index (χ1v) is 8.70. The molecule has 0 bridgehead atoms. The first kappa shape index (κ1) is 15.0. The minimum Gasteiger partial charge on any atom is -0.311 e. The van der Waals surface area contributed by atoms with E-state index < -0.39 is 0 Å². The van der Waals surface area contributed by atoms with Crippen molar-refractivity contribution in [2.45, 2.75) is 71.1 Å². The summed E-state index contributed by atoms with van der Waals surface area (Å²) >= 11 is 0. The highest BCUT2D eigenvalue weighted by molar-refractivity contribution is 5.08. The van der Waals surface area contributed by atoms with Gasteiger partial charge in [0.2, 0.25) is 0 Å². The normalized spacial score (nSPS) is 26.1. The topological polar surface area (TPSA) is 33.1 Å². The maximum atomic E-state index is 4.44. The molecule has 21 heavy (non-hydrogen) atoms. The Morgan fingerprint density at radius 2 is 2.05 bits per heavy atom. The summed E-state index contributed by atoms with van der Waals surface area (Å²) in [6.07, 6.45) is 9.54. The van der Waals surface area contributed by atoms with Crippen molar-refractivity contribution >= 4 is 0 Å². The molecule has 1 aliphatic heterocycles. The van der Waals surface area contributed by atoms with Crippen LogP contribution in [0.25, 0.3) is 0 Å². The molecule has 0 amide bonds. The van der Waals surface area contributed by atoms with Gasteiger partial charge in [-0.3, -0.25) is 9.58 Å². The molecule has 1 atom stereocenters. The fourth-order valence-corrected chi connectivity index (χ4v) is 3.80. The Kier molecular flexibility index (Phi) is 4.36. The van der Waals surface area contributed by atoms with Gasteiger partial charge in [0.25, 0.3) is 0 Å². The van der Waals surface area contributed by atoms with E-state index in [-0.39, 0.29) is 0 Å². The Labute approximate surface area is 128 Å². The SMILES string of the molecule is CCn1cc(CN2CC(C3CC3)NCC2(CC)CC)cn1. The lowest BCUT2D eigenvalue weighted by Gasteiger charge is -2.50. The Bertz CT molecular complexity index is 459. The fourth-order valence-electron chi connectivity index (χ4n) is 3.80. The Hall–Kier alpha value is -0.870. The van der Waals surface area contributed by atoms with Crippen LogP contribution in [0, 0.1) is 5.92 Å². The van der Waals surface area contributed by atoms with Crippen LogP contribution in [0.2, 0.25) is 0 Å². The highest BCUT2D eigenvalue weighted by atomic mass is 15.3. The van der Waals surface area contributed by atoms with Crippen molar-refractivity contribution in [2.75, 3.05) is 13.1 Å². The molecular weight excluding hydrogens is 260 g/mol. The summed E-state index contributed by atoms with van der Waals surface area (Å²) in [4.78, 5) is 2.74. The number of nitrogens with zero attached hydrogens (tertiary/aromatic N) is 3. The standard InChI is InChI=1S/C17H30N4/c1-4-17(5-2)13-18-16(15-7-8-15)12-20(17)10-14-9-19-21(6-3)11-14/h9,11,15-16,18H,4-8,10,12-13H2,1-3H3. The average Bonchev–Trinajstić information content (AvgIpc) is 3.27. The van der Waals surface area contributed by atoms with Crippen LogP contribution >= 0.6 is 0 Å². The molecule has 1 saturated carbocycles. The van der Waals surface area contributed by atoms with Gasteiger partial charge in [0.1, 0.15) is 0 Å². The largest absolute Gasteiger partial charge is 0.311 e. The van der Waals surface area contributed by atoms with E-state index in [2.05, 4.69) is 42.3 Å². The highest BCUT2D eigenvalue weighted by Crippen LogP contribution is 2.37. The molecule has 0 spiro atoms. The number of aromatic nitrogens is 2. The summed E-state index contributed by atoms with van der Waals surface area (Å²) in [6.45, 7) is 11.2. The summed E-state index contributed by atoms with van der Waals surface area (Å²) in [5.74, 6) is 0.928. The number of rotatable bonds is 6. The van der Waals surface area contributed by atoms with E-state index in [1.165, 1.54) is 37.8 Å². The van der Waals surface area contributed by atoms with Crippen molar-refractivity contribution < 1.29 is 0 Å². The molecule has 1 saturated heterocycles. The lowest BCUT2D eigenvalue weighted by Crippen LogP contribution is -2.64. The summed E-state index contributed by atoms with van der Waals surface area (Å²) in [6, 6.07) is 0.706. The van der Waals surface area contributed by atoms with Crippen LogP contribution in [-0.2, 0) is 13.1 Å². The van der Waals surface area contributed by atoms with E-state index >= 15 is 0 Å². The molecular formula is C17H30N4. The number of hydrogen-bond donors (Lipinski definition) is 1. The lowest BCUT2D eigenvalue weighted by atomic mass is 9.86. The van der Waals surface area contributed by atoms with E-state index in [0.717, 1.165) is 25.6 Å². The molecule has 3 rings (SSSR count). The molecule has 0 aromatic carbocycles. The van der Waals surface area contributed by atoms with Crippen molar-refractivity contribution in [3.63, 3.8) is 0 Å². The zero-order chi connectivity index (χ0) is 14.9. The Balaban J connectivity index is 1.75. The number of piperazine rings is 1. The Morgan fingerprint density at radius 1 is 1.29 bits per heavy atom. The number of aryl methyl sites for hydroxylation is 1. The van der Waals surface area contributed by atoms with Gasteiger partial charge in [0.15, 0.2) is 0 Å². The first-order chi connectivity index (χ1) is 10.2. The monoisotopic (exact) mass is 290 g/mol. The van der Waals surface area contributed by atoms with Gasteiger partial charge < -0.3 is 5.32 Å². The average molecular weight is 290 g/mol. The third kappa shape index (κ3) is 3.02. The minimum absolute atomic E-state index is 0.319. The van der Waals surface area contributed by atoms with Gasteiger partial charge in [-0.25, -0.2) is 0 Å². The van der Waals surface area contributed by atoms with Gasteiger partial charge >= 0.3 is 0 Å². The van der Waals surface area contributed by atoms with Gasteiger partial charge in [-0.2, -0.15) is 5.10 Å². The van der Waals surface area contributed by atoms with Crippen LogP contribution in [0.1, 0.15) is 52.0 Å². The quantitative estimate of drug-likeness (QED) is 0.874. The third-order valence-corrected chi connectivity index (χ3v) is 5.67. The van der Waals surface area contributed by atoms with Crippen molar-refractivity contribution in [2.24, 2.45) is 5.92 Å². The molecule has 1 aliphatic carbocycles. The zero-order valence-corrected chi connectivity index (χ0v) is 13.8. The molecule has 1 unspecified atom stereocenters. The molecule has 2 aliphatic rings. The van der Waals surface area contributed by atoms with Crippen molar-refractivity contribution in [3.05, 3.63) is 18.0 Å². The van der Waals surface area contributed by atoms with Gasteiger partial charge in [0.05, 0.1) is 6.20 Å². The van der Waals surface area contributed by atoms with Crippen LogP contribution in [0.5, 0.6) is 0 Å². The summed E-state index contributed by atoms with van der Waals surface area (Å²) in [5, 5.41) is 8.28. The molecule has 2 heterocycles. The molecule has 0 radical (unpaired) electrons. The van der Waals surface area contributed by atoms with Crippen molar-refractivity contribution in [1.29, 1.82) is 0 Å².